The lowest BCUT2D eigenvalue weighted by Crippen LogP contribution is -2.22. The Balaban J connectivity index is 2.01. The lowest BCUT2D eigenvalue weighted by molar-refractivity contribution is 1.19. The van der Waals surface area contributed by atoms with E-state index in [2.05, 4.69) is 27.8 Å². The van der Waals surface area contributed by atoms with Crippen LogP contribution in [-0.4, -0.2) is 9.38 Å². The molecule has 2 aromatic carbocycles. The molecular formula is C18H13BrN2OS. The number of nitrogens with zero attached hydrogens (tertiary/aromatic N) is 2. The number of rotatable bonds is 1. The fraction of sp³-hybridized carbons (Fsp3) is 0.111. The number of halogens is 1. The van der Waals surface area contributed by atoms with Crippen molar-refractivity contribution in [2.75, 3.05) is 0 Å². The van der Waals surface area contributed by atoms with Crippen LogP contribution in [0.5, 0.6) is 0 Å². The second kappa shape index (κ2) is 5.28. The Morgan fingerprint density at radius 3 is 2.61 bits per heavy atom. The summed E-state index contributed by atoms with van der Waals surface area (Å²) in [5, 5.41) is 0. The van der Waals surface area contributed by atoms with Gasteiger partial charge in [-0.05, 0) is 54.8 Å². The molecule has 3 nitrogen and oxygen atoms in total. The standard InChI is InChI=1S/C18H13BrN2OS/c1-10-3-8-14-16(11(10)2)20-18-21(14)17(22)15(23-18)9-12-4-6-13(19)7-5-12/h3-9H,1-2H3/b15-9+. The predicted octanol–water partition coefficient (Wildman–Crippen LogP) is 3.84. The first kappa shape index (κ1) is 14.6. The molecule has 0 aliphatic carbocycles. The normalized spacial score (nSPS) is 12.6. The van der Waals surface area contributed by atoms with Gasteiger partial charge in [-0.15, -0.1) is 0 Å². The number of thiazole rings is 1. The van der Waals surface area contributed by atoms with E-state index in [1.54, 1.807) is 4.40 Å². The van der Waals surface area contributed by atoms with Gasteiger partial charge in [0.05, 0.1) is 15.6 Å². The number of benzene rings is 2. The molecule has 0 unspecified atom stereocenters. The van der Waals surface area contributed by atoms with Gasteiger partial charge < -0.3 is 0 Å². The highest BCUT2D eigenvalue weighted by molar-refractivity contribution is 9.10. The molecule has 0 saturated heterocycles. The van der Waals surface area contributed by atoms with Crippen molar-refractivity contribution in [2.45, 2.75) is 13.8 Å². The summed E-state index contributed by atoms with van der Waals surface area (Å²) in [5.74, 6) is 0. The van der Waals surface area contributed by atoms with Gasteiger partial charge in [0.15, 0.2) is 4.96 Å². The summed E-state index contributed by atoms with van der Waals surface area (Å²) in [7, 11) is 0. The van der Waals surface area contributed by atoms with Crippen LogP contribution in [-0.2, 0) is 0 Å². The van der Waals surface area contributed by atoms with Crippen molar-refractivity contribution in [1.29, 1.82) is 0 Å². The van der Waals surface area contributed by atoms with Crippen molar-refractivity contribution in [3.05, 3.63) is 72.4 Å². The van der Waals surface area contributed by atoms with E-state index >= 15 is 0 Å². The van der Waals surface area contributed by atoms with Gasteiger partial charge in [0.25, 0.3) is 5.56 Å². The van der Waals surface area contributed by atoms with Gasteiger partial charge in [0.2, 0.25) is 0 Å². The molecule has 5 heteroatoms. The van der Waals surface area contributed by atoms with Crippen LogP contribution in [0.25, 0.3) is 22.1 Å². The molecule has 0 aliphatic rings. The third-order valence-corrected chi connectivity index (χ3v) is 5.60. The first-order valence-corrected chi connectivity index (χ1v) is 8.84. The minimum atomic E-state index is -0.00123. The average Bonchev–Trinajstić information content (AvgIpc) is 3.04. The van der Waals surface area contributed by atoms with E-state index in [1.807, 2.05) is 49.4 Å². The highest BCUT2D eigenvalue weighted by atomic mass is 79.9. The Morgan fingerprint density at radius 2 is 1.87 bits per heavy atom. The van der Waals surface area contributed by atoms with Crippen molar-refractivity contribution in [3.63, 3.8) is 0 Å². The van der Waals surface area contributed by atoms with Crippen molar-refractivity contribution in [3.8, 4) is 0 Å². The number of aryl methyl sites for hydroxylation is 2. The van der Waals surface area contributed by atoms with E-state index in [0.717, 1.165) is 31.6 Å². The van der Waals surface area contributed by atoms with E-state index in [-0.39, 0.29) is 5.56 Å². The summed E-state index contributed by atoms with van der Waals surface area (Å²) in [6, 6.07) is 11.9. The van der Waals surface area contributed by atoms with Crippen molar-refractivity contribution >= 4 is 49.3 Å². The second-order valence-corrected chi connectivity index (χ2v) is 7.50. The van der Waals surface area contributed by atoms with Gasteiger partial charge in [-0.2, -0.15) is 0 Å². The molecule has 2 aromatic heterocycles. The van der Waals surface area contributed by atoms with E-state index in [9.17, 15) is 4.79 Å². The molecule has 0 aliphatic heterocycles. The van der Waals surface area contributed by atoms with Crippen molar-refractivity contribution in [2.24, 2.45) is 0 Å². The van der Waals surface area contributed by atoms with Crippen molar-refractivity contribution in [1.82, 2.24) is 9.38 Å². The third-order valence-electron chi connectivity index (χ3n) is 4.10. The minimum absolute atomic E-state index is 0.00123. The Labute approximate surface area is 145 Å². The van der Waals surface area contributed by atoms with Crippen LogP contribution in [0.4, 0.5) is 0 Å². The third kappa shape index (κ3) is 2.31. The summed E-state index contributed by atoms with van der Waals surface area (Å²) in [5.41, 5.74) is 5.14. The number of imidazole rings is 1. The Hall–Kier alpha value is -1.98. The minimum Gasteiger partial charge on any atom is -0.267 e. The highest BCUT2D eigenvalue weighted by Crippen LogP contribution is 2.22. The second-order valence-electron chi connectivity index (χ2n) is 5.57. The first-order valence-electron chi connectivity index (χ1n) is 7.23. The number of hydrogen-bond donors (Lipinski definition) is 0. The lowest BCUT2D eigenvalue weighted by atomic mass is 10.1. The molecule has 0 radical (unpaired) electrons. The summed E-state index contributed by atoms with van der Waals surface area (Å²) in [6.07, 6.45) is 1.92. The lowest BCUT2D eigenvalue weighted by Gasteiger charge is -1.99. The zero-order valence-electron chi connectivity index (χ0n) is 12.6. The molecule has 4 aromatic rings. The van der Waals surface area contributed by atoms with Gasteiger partial charge in [-0.1, -0.05) is 45.5 Å². The van der Waals surface area contributed by atoms with E-state index in [4.69, 9.17) is 0 Å². The number of fused-ring (bicyclic) bond motifs is 3. The Kier molecular flexibility index (Phi) is 3.36. The monoisotopic (exact) mass is 384 g/mol. The molecule has 0 amide bonds. The van der Waals surface area contributed by atoms with Crippen LogP contribution in [0.15, 0.2) is 45.7 Å². The average molecular weight is 385 g/mol. The van der Waals surface area contributed by atoms with Crippen LogP contribution < -0.4 is 10.1 Å². The highest BCUT2D eigenvalue weighted by Gasteiger charge is 2.13. The Morgan fingerprint density at radius 1 is 1.13 bits per heavy atom. The molecular weight excluding hydrogens is 372 g/mol. The first-order chi connectivity index (χ1) is 11.0. The molecule has 2 heterocycles. The van der Waals surface area contributed by atoms with Crippen LogP contribution >= 0.6 is 27.3 Å². The summed E-state index contributed by atoms with van der Waals surface area (Å²) < 4.78 is 3.45. The fourth-order valence-electron chi connectivity index (χ4n) is 2.68. The smallest absolute Gasteiger partial charge is 0.267 e. The largest absolute Gasteiger partial charge is 0.274 e. The Bertz CT molecular complexity index is 1160. The van der Waals surface area contributed by atoms with Crippen LogP contribution in [0.3, 0.4) is 0 Å². The van der Waals surface area contributed by atoms with E-state index < -0.39 is 0 Å². The molecule has 0 N–H and O–H groups in total. The van der Waals surface area contributed by atoms with Crippen LogP contribution in [0, 0.1) is 13.8 Å². The van der Waals surface area contributed by atoms with E-state index in [1.165, 1.54) is 16.9 Å². The molecule has 0 atom stereocenters. The SMILES string of the molecule is Cc1ccc2c(nc3s/c(=C/c4ccc(Br)cc4)c(=O)n32)c1C. The van der Waals surface area contributed by atoms with E-state index in [0.29, 0.717) is 4.53 Å². The zero-order chi connectivity index (χ0) is 16.1. The van der Waals surface area contributed by atoms with Gasteiger partial charge in [0, 0.05) is 4.47 Å². The fourth-order valence-corrected chi connectivity index (χ4v) is 3.92. The number of aromatic nitrogens is 2. The maximum absolute atomic E-state index is 12.8. The molecule has 4 rings (SSSR count). The molecule has 23 heavy (non-hydrogen) atoms. The molecule has 0 fully saturated rings. The van der Waals surface area contributed by atoms with Gasteiger partial charge in [-0.25, -0.2) is 9.38 Å². The molecule has 0 spiro atoms. The molecule has 0 saturated carbocycles. The number of hydrogen-bond acceptors (Lipinski definition) is 3. The maximum Gasteiger partial charge on any atom is 0.274 e. The van der Waals surface area contributed by atoms with Crippen LogP contribution in [0.2, 0.25) is 0 Å². The quantitative estimate of drug-likeness (QED) is 0.499. The summed E-state index contributed by atoms with van der Waals surface area (Å²) in [4.78, 5) is 18.2. The van der Waals surface area contributed by atoms with Gasteiger partial charge in [-0.3, -0.25) is 4.79 Å². The van der Waals surface area contributed by atoms with Gasteiger partial charge in [0.1, 0.15) is 0 Å². The van der Waals surface area contributed by atoms with Crippen LogP contribution in [0.1, 0.15) is 16.7 Å². The maximum atomic E-state index is 12.8. The summed E-state index contributed by atoms with van der Waals surface area (Å²) >= 11 is 4.86. The zero-order valence-corrected chi connectivity index (χ0v) is 15.0. The molecule has 114 valence electrons. The molecule has 0 bridgehead atoms. The predicted molar refractivity (Wildman–Crippen MR) is 99.2 cm³/mol. The van der Waals surface area contributed by atoms with Crippen molar-refractivity contribution < 1.29 is 0 Å². The van der Waals surface area contributed by atoms with Gasteiger partial charge >= 0.3 is 0 Å². The summed E-state index contributed by atoms with van der Waals surface area (Å²) in [6.45, 7) is 4.11. The topological polar surface area (TPSA) is 34.4 Å².